The fourth-order valence-electron chi connectivity index (χ4n) is 1.96. The lowest BCUT2D eigenvalue weighted by Gasteiger charge is -2.23. The highest BCUT2D eigenvalue weighted by Crippen LogP contribution is 2.20. The van der Waals surface area contributed by atoms with E-state index >= 15 is 0 Å². The number of aliphatic hydroxyl groups excluding tert-OH is 1. The molecule has 5 nitrogen and oxygen atoms in total. The van der Waals surface area contributed by atoms with E-state index in [-0.39, 0.29) is 5.69 Å². The quantitative estimate of drug-likeness (QED) is 0.580. The van der Waals surface area contributed by atoms with Crippen LogP contribution in [0, 0.1) is 10.1 Å². The third kappa shape index (κ3) is 4.96. The molecule has 1 aromatic carbocycles. The van der Waals surface area contributed by atoms with Gasteiger partial charge in [-0.1, -0.05) is 32.4 Å². The fraction of sp³-hybridized carbons (Fsp3) is 0.571. The molecule has 5 heteroatoms. The average Bonchev–Trinajstić information content (AvgIpc) is 2.43. The van der Waals surface area contributed by atoms with Crippen LogP contribution >= 0.6 is 0 Å². The van der Waals surface area contributed by atoms with Gasteiger partial charge in [0.15, 0.2) is 0 Å². The number of hydrogen-bond donors (Lipinski definition) is 1. The Balaban J connectivity index is 2.68. The second-order valence-corrected chi connectivity index (χ2v) is 4.61. The number of nitro benzene ring substituents is 1. The minimum atomic E-state index is -0.684. The van der Waals surface area contributed by atoms with Gasteiger partial charge >= 0.3 is 0 Å². The van der Waals surface area contributed by atoms with Gasteiger partial charge in [-0.05, 0) is 25.1 Å². The van der Waals surface area contributed by atoms with Crippen LogP contribution in [0.4, 0.5) is 5.69 Å². The summed E-state index contributed by atoms with van der Waals surface area (Å²) in [7, 11) is 0. The number of non-ortho nitro benzene ring substituents is 1. The normalized spacial score (nSPS) is 12.6. The standard InChI is InChI=1S/C14H22N2O3/c1-3-5-9-15(4-2)11-14(17)12-7-6-8-13(10-12)16(18)19/h6-8,10,14,17H,3-5,9,11H2,1-2H3. The van der Waals surface area contributed by atoms with Gasteiger partial charge in [0.1, 0.15) is 0 Å². The Morgan fingerprint density at radius 2 is 2.16 bits per heavy atom. The van der Waals surface area contributed by atoms with Gasteiger partial charge in [0, 0.05) is 18.7 Å². The number of nitro groups is 1. The summed E-state index contributed by atoms with van der Waals surface area (Å²) >= 11 is 0. The molecule has 1 atom stereocenters. The summed E-state index contributed by atoms with van der Waals surface area (Å²) in [6.07, 6.45) is 1.52. The lowest BCUT2D eigenvalue weighted by atomic mass is 10.1. The summed E-state index contributed by atoms with van der Waals surface area (Å²) < 4.78 is 0. The summed E-state index contributed by atoms with van der Waals surface area (Å²) in [4.78, 5) is 12.4. The Morgan fingerprint density at radius 3 is 2.74 bits per heavy atom. The summed E-state index contributed by atoms with van der Waals surface area (Å²) in [5.41, 5.74) is 0.623. The van der Waals surface area contributed by atoms with E-state index in [9.17, 15) is 15.2 Å². The van der Waals surface area contributed by atoms with Crippen molar-refractivity contribution in [3.63, 3.8) is 0 Å². The number of hydrogen-bond acceptors (Lipinski definition) is 4. The van der Waals surface area contributed by atoms with Crippen molar-refractivity contribution in [2.75, 3.05) is 19.6 Å². The molecule has 0 amide bonds. The van der Waals surface area contributed by atoms with E-state index in [0.717, 1.165) is 25.9 Å². The maximum atomic E-state index is 10.7. The molecule has 0 radical (unpaired) electrons. The summed E-state index contributed by atoms with van der Waals surface area (Å²) in [6, 6.07) is 6.22. The molecule has 0 heterocycles. The second-order valence-electron chi connectivity index (χ2n) is 4.61. The molecular formula is C14H22N2O3. The first-order valence-corrected chi connectivity index (χ1v) is 6.73. The molecule has 0 bridgehead atoms. The van der Waals surface area contributed by atoms with Crippen molar-refractivity contribution in [2.45, 2.75) is 32.8 Å². The largest absolute Gasteiger partial charge is 0.387 e. The van der Waals surface area contributed by atoms with E-state index in [4.69, 9.17) is 0 Å². The van der Waals surface area contributed by atoms with Crippen molar-refractivity contribution in [3.8, 4) is 0 Å². The number of aliphatic hydroxyl groups is 1. The number of rotatable bonds is 8. The smallest absolute Gasteiger partial charge is 0.269 e. The maximum Gasteiger partial charge on any atom is 0.269 e. The van der Waals surface area contributed by atoms with E-state index in [2.05, 4.69) is 18.7 Å². The Hall–Kier alpha value is -1.46. The number of benzene rings is 1. The van der Waals surface area contributed by atoms with Gasteiger partial charge < -0.3 is 10.0 Å². The molecule has 0 spiro atoms. The number of nitrogens with zero attached hydrogens (tertiary/aromatic N) is 2. The van der Waals surface area contributed by atoms with Crippen molar-refractivity contribution in [2.24, 2.45) is 0 Å². The molecule has 1 rings (SSSR count). The topological polar surface area (TPSA) is 66.6 Å². The number of unbranched alkanes of at least 4 members (excludes halogenated alkanes) is 1. The summed E-state index contributed by atoms with van der Waals surface area (Å²) in [6.45, 7) is 6.50. The predicted molar refractivity (Wildman–Crippen MR) is 75.1 cm³/mol. The van der Waals surface area contributed by atoms with Crippen LogP contribution in [0.1, 0.15) is 38.4 Å². The Morgan fingerprint density at radius 1 is 1.42 bits per heavy atom. The third-order valence-corrected chi connectivity index (χ3v) is 3.17. The van der Waals surface area contributed by atoms with Crippen molar-refractivity contribution >= 4 is 5.69 Å². The fourth-order valence-corrected chi connectivity index (χ4v) is 1.96. The monoisotopic (exact) mass is 266 g/mol. The molecule has 0 saturated heterocycles. The predicted octanol–water partition coefficient (Wildman–Crippen LogP) is 2.75. The van der Waals surface area contributed by atoms with Crippen LogP contribution in [-0.2, 0) is 0 Å². The molecular weight excluding hydrogens is 244 g/mol. The highest BCUT2D eigenvalue weighted by molar-refractivity contribution is 5.35. The summed E-state index contributed by atoms with van der Waals surface area (Å²) in [5.74, 6) is 0. The van der Waals surface area contributed by atoms with Gasteiger partial charge in [0.05, 0.1) is 11.0 Å². The van der Waals surface area contributed by atoms with Gasteiger partial charge in [-0.15, -0.1) is 0 Å². The molecule has 1 aromatic rings. The second kappa shape index (κ2) is 7.86. The zero-order valence-corrected chi connectivity index (χ0v) is 11.6. The van der Waals surface area contributed by atoms with E-state index in [1.807, 2.05) is 0 Å². The first-order valence-electron chi connectivity index (χ1n) is 6.73. The Kier molecular flexibility index (Phi) is 6.45. The van der Waals surface area contributed by atoms with Gasteiger partial charge in [-0.25, -0.2) is 0 Å². The van der Waals surface area contributed by atoms with Crippen LogP contribution in [0.5, 0.6) is 0 Å². The minimum absolute atomic E-state index is 0.0214. The Labute approximate surface area is 114 Å². The molecule has 106 valence electrons. The van der Waals surface area contributed by atoms with E-state index in [1.165, 1.54) is 12.1 Å². The molecule has 0 fully saturated rings. The van der Waals surface area contributed by atoms with Gasteiger partial charge in [-0.3, -0.25) is 10.1 Å². The van der Waals surface area contributed by atoms with Crippen LogP contribution in [0.2, 0.25) is 0 Å². The third-order valence-electron chi connectivity index (χ3n) is 3.17. The van der Waals surface area contributed by atoms with Crippen molar-refractivity contribution in [3.05, 3.63) is 39.9 Å². The van der Waals surface area contributed by atoms with Gasteiger partial charge in [0.25, 0.3) is 5.69 Å². The first kappa shape index (κ1) is 15.6. The van der Waals surface area contributed by atoms with Crippen molar-refractivity contribution < 1.29 is 10.0 Å². The van der Waals surface area contributed by atoms with E-state index in [1.54, 1.807) is 12.1 Å². The lowest BCUT2D eigenvalue weighted by molar-refractivity contribution is -0.385. The van der Waals surface area contributed by atoms with Crippen LogP contribution in [-0.4, -0.2) is 34.6 Å². The molecule has 1 unspecified atom stereocenters. The molecule has 0 aromatic heterocycles. The van der Waals surface area contributed by atoms with Gasteiger partial charge in [-0.2, -0.15) is 0 Å². The molecule has 0 aliphatic carbocycles. The highest BCUT2D eigenvalue weighted by atomic mass is 16.6. The van der Waals surface area contributed by atoms with Crippen LogP contribution in [0.15, 0.2) is 24.3 Å². The SMILES string of the molecule is CCCCN(CC)CC(O)c1cccc([N+](=O)[O-])c1. The maximum absolute atomic E-state index is 10.7. The number of likely N-dealkylation sites (N-methyl/N-ethyl adjacent to an activating group) is 1. The molecule has 0 aliphatic rings. The minimum Gasteiger partial charge on any atom is -0.387 e. The van der Waals surface area contributed by atoms with Crippen LogP contribution in [0.3, 0.4) is 0 Å². The Bertz CT molecular complexity index is 409. The van der Waals surface area contributed by atoms with E-state index in [0.29, 0.717) is 12.1 Å². The molecule has 19 heavy (non-hydrogen) atoms. The summed E-state index contributed by atoms with van der Waals surface area (Å²) in [5, 5.41) is 20.9. The molecule has 1 N–H and O–H groups in total. The highest BCUT2D eigenvalue weighted by Gasteiger charge is 2.15. The zero-order chi connectivity index (χ0) is 14.3. The zero-order valence-electron chi connectivity index (χ0n) is 11.6. The van der Waals surface area contributed by atoms with Crippen molar-refractivity contribution in [1.29, 1.82) is 0 Å². The van der Waals surface area contributed by atoms with Crippen LogP contribution < -0.4 is 0 Å². The van der Waals surface area contributed by atoms with E-state index < -0.39 is 11.0 Å². The van der Waals surface area contributed by atoms with Crippen molar-refractivity contribution in [1.82, 2.24) is 4.90 Å². The lowest BCUT2D eigenvalue weighted by Crippen LogP contribution is -2.29. The van der Waals surface area contributed by atoms with Crippen LogP contribution in [0.25, 0.3) is 0 Å². The first-order chi connectivity index (χ1) is 9.08. The average molecular weight is 266 g/mol. The van der Waals surface area contributed by atoms with Gasteiger partial charge in [0.2, 0.25) is 0 Å². The molecule has 0 aliphatic heterocycles. The molecule has 0 saturated carbocycles.